The number of piperazine rings is 1. The van der Waals surface area contributed by atoms with Crippen LogP contribution in [0.5, 0.6) is 11.5 Å². The van der Waals surface area contributed by atoms with E-state index in [1.807, 2.05) is 23.1 Å². The molecular formula is C24H29N3O3. The molecule has 30 heavy (non-hydrogen) atoms. The number of rotatable bonds is 5. The van der Waals surface area contributed by atoms with Crippen LogP contribution in [0, 0.1) is 0 Å². The van der Waals surface area contributed by atoms with Gasteiger partial charge in [0.25, 0.3) is 5.91 Å². The SMILES string of the molecule is O=C(c1ccc(CN2CCCC2)cc1)N1CCN(Cc2ccc3c(c2)OCO3)CC1. The van der Waals surface area contributed by atoms with Gasteiger partial charge in [0, 0.05) is 44.8 Å². The molecule has 6 nitrogen and oxygen atoms in total. The Balaban J connectivity index is 1.13. The predicted molar refractivity (Wildman–Crippen MR) is 115 cm³/mol. The molecule has 158 valence electrons. The molecule has 3 aliphatic rings. The summed E-state index contributed by atoms with van der Waals surface area (Å²) in [6.07, 6.45) is 2.61. The Bertz CT molecular complexity index is 885. The van der Waals surface area contributed by atoms with Crippen LogP contribution >= 0.6 is 0 Å². The maximum atomic E-state index is 12.9. The third-order valence-electron chi connectivity index (χ3n) is 6.31. The Morgan fingerprint density at radius 2 is 1.37 bits per heavy atom. The van der Waals surface area contributed by atoms with Crippen molar-refractivity contribution < 1.29 is 14.3 Å². The summed E-state index contributed by atoms with van der Waals surface area (Å²) < 4.78 is 10.9. The Morgan fingerprint density at radius 3 is 2.13 bits per heavy atom. The van der Waals surface area contributed by atoms with Gasteiger partial charge in [-0.1, -0.05) is 18.2 Å². The number of likely N-dealkylation sites (tertiary alicyclic amines) is 1. The van der Waals surface area contributed by atoms with Crippen LogP contribution in [-0.4, -0.2) is 66.7 Å². The number of amides is 1. The van der Waals surface area contributed by atoms with Gasteiger partial charge in [0.1, 0.15) is 0 Å². The zero-order valence-electron chi connectivity index (χ0n) is 17.4. The molecule has 2 saturated heterocycles. The molecule has 0 aliphatic carbocycles. The van der Waals surface area contributed by atoms with Gasteiger partial charge >= 0.3 is 0 Å². The smallest absolute Gasteiger partial charge is 0.253 e. The van der Waals surface area contributed by atoms with E-state index in [-0.39, 0.29) is 5.91 Å². The summed E-state index contributed by atoms with van der Waals surface area (Å²) in [5.41, 5.74) is 3.30. The monoisotopic (exact) mass is 407 g/mol. The van der Waals surface area contributed by atoms with Crippen molar-refractivity contribution in [2.45, 2.75) is 25.9 Å². The summed E-state index contributed by atoms with van der Waals surface area (Å²) in [5, 5.41) is 0. The van der Waals surface area contributed by atoms with Gasteiger partial charge in [-0.25, -0.2) is 0 Å². The highest BCUT2D eigenvalue weighted by Crippen LogP contribution is 2.32. The van der Waals surface area contributed by atoms with Crippen LogP contribution in [0.1, 0.15) is 34.3 Å². The van der Waals surface area contributed by atoms with Crippen LogP contribution in [0.15, 0.2) is 42.5 Å². The predicted octanol–water partition coefficient (Wildman–Crippen LogP) is 2.97. The Labute approximate surface area is 178 Å². The molecule has 0 saturated carbocycles. The number of benzene rings is 2. The first-order valence-electron chi connectivity index (χ1n) is 11.0. The minimum atomic E-state index is 0.144. The Hall–Kier alpha value is -2.57. The minimum Gasteiger partial charge on any atom is -0.454 e. The fourth-order valence-electron chi connectivity index (χ4n) is 4.54. The first kappa shape index (κ1) is 19.4. The first-order chi connectivity index (χ1) is 14.7. The Kier molecular flexibility index (Phi) is 5.60. The van der Waals surface area contributed by atoms with E-state index >= 15 is 0 Å². The van der Waals surface area contributed by atoms with E-state index in [1.54, 1.807) is 0 Å². The third-order valence-corrected chi connectivity index (χ3v) is 6.31. The summed E-state index contributed by atoms with van der Waals surface area (Å²) in [6, 6.07) is 14.3. The van der Waals surface area contributed by atoms with E-state index in [2.05, 4.69) is 34.1 Å². The zero-order chi connectivity index (χ0) is 20.3. The molecule has 0 N–H and O–H groups in total. The van der Waals surface area contributed by atoms with Crippen molar-refractivity contribution in [3.63, 3.8) is 0 Å². The van der Waals surface area contributed by atoms with Gasteiger partial charge in [0.2, 0.25) is 6.79 Å². The second-order valence-electron chi connectivity index (χ2n) is 8.44. The lowest BCUT2D eigenvalue weighted by Gasteiger charge is -2.34. The number of nitrogens with zero attached hydrogens (tertiary/aromatic N) is 3. The molecule has 0 bridgehead atoms. The van der Waals surface area contributed by atoms with E-state index in [9.17, 15) is 4.79 Å². The molecule has 0 radical (unpaired) electrons. The summed E-state index contributed by atoms with van der Waals surface area (Å²) in [5.74, 6) is 1.79. The highest BCUT2D eigenvalue weighted by Gasteiger charge is 2.23. The molecule has 6 heteroatoms. The second kappa shape index (κ2) is 8.66. The van der Waals surface area contributed by atoms with Crippen molar-refractivity contribution in [2.75, 3.05) is 46.1 Å². The van der Waals surface area contributed by atoms with Crippen LogP contribution in [0.3, 0.4) is 0 Å². The lowest BCUT2D eigenvalue weighted by molar-refractivity contribution is 0.0628. The molecule has 2 aromatic carbocycles. The normalized spacial score (nSPS) is 19.4. The number of carbonyl (C=O) groups excluding carboxylic acids is 1. The highest BCUT2D eigenvalue weighted by molar-refractivity contribution is 5.94. The quantitative estimate of drug-likeness (QED) is 0.763. The Morgan fingerprint density at radius 1 is 0.733 bits per heavy atom. The maximum absolute atomic E-state index is 12.9. The van der Waals surface area contributed by atoms with Gasteiger partial charge in [0.05, 0.1) is 0 Å². The van der Waals surface area contributed by atoms with E-state index in [4.69, 9.17) is 9.47 Å². The number of carbonyl (C=O) groups is 1. The van der Waals surface area contributed by atoms with Crippen molar-refractivity contribution in [2.24, 2.45) is 0 Å². The van der Waals surface area contributed by atoms with Crippen LogP contribution < -0.4 is 9.47 Å². The molecule has 0 unspecified atom stereocenters. The second-order valence-corrected chi connectivity index (χ2v) is 8.44. The number of ether oxygens (including phenoxy) is 2. The first-order valence-corrected chi connectivity index (χ1v) is 11.0. The lowest BCUT2D eigenvalue weighted by Crippen LogP contribution is -2.48. The molecule has 2 aromatic rings. The van der Waals surface area contributed by atoms with Crippen molar-refractivity contribution in [3.8, 4) is 11.5 Å². The third kappa shape index (κ3) is 4.30. The van der Waals surface area contributed by atoms with E-state index < -0.39 is 0 Å². The number of hydrogen-bond acceptors (Lipinski definition) is 5. The van der Waals surface area contributed by atoms with Crippen LogP contribution in [0.25, 0.3) is 0 Å². The molecule has 0 spiro atoms. The van der Waals surface area contributed by atoms with Crippen molar-refractivity contribution in [1.82, 2.24) is 14.7 Å². The average Bonchev–Trinajstić information content (AvgIpc) is 3.46. The van der Waals surface area contributed by atoms with Gasteiger partial charge < -0.3 is 14.4 Å². The van der Waals surface area contributed by atoms with Crippen LogP contribution in [0.2, 0.25) is 0 Å². The van der Waals surface area contributed by atoms with Crippen LogP contribution in [-0.2, 0) is 13.1 Å². The fraction of sp³-hybridized carbons (Fsp3) is 0.458. The molecule has 3 heterocycles. The maximum Gasteiger partial charge on any atom is 0.253 e. The summed E-state index contributed by atoms with van der Waals surface area (Å²) in [4.78, 5) is 19.8. The van der Waals surface area contributed by atoms with Gasteiger partial charge in [-0.3, -0.25) is 14.6 Å². The largest absolute Gasteiger partial charge is 0.454 e. The molecule has 3 aliphatic heterocycles. The lowest BCUT2D eigenvalue weighted by atomic mass is 10.1. The summed E-state index contributed by atoms with van der Waals surface area (Å²) in [7, 11) is 0. The zero-order valence-corrected chi connectivity index (χ0v) is 17.4. The molecule has 2 fully saturated rings. The van der Waals surface area contributed by atoms with E-state index in [1.165, 1.54) is 37.1 Å². The van der Waals surface area contributed by atoms with Gasteiger partial charge in [0.15, 0.2) is 11.5 Å². The minimum absolute atomic E-state index is 0.144. The number of fused-ring (bicyclic) bond motifs is 1. The van der Waals surface area contributed by atoms with Gasteiger partial charge in [-0.15, -0.1) is 0 Å². The topological polar surface area (TPSA) is 45.3 Å². The van der Waals surface area contributed by atoms with Crippen molar-refractivity contribution in [1.29, 1.82) is 0 Å². The molecule has 0 aromatic heterocycles. The molecule has 0 atom stereocenters. The molecular weight excluding hydrogens is 378 g/mol. The molecule has 1 amide bonds. The standard InChI is InChI=1S/C24H29N3O3/c28-24(21-6-3-19(4-7-21)16-25-9-1-2-10-25)27-13-11-26(12-14-27)17-20-5-8-22-23(15-20)30-18-29-22/h3-8,15H,1-2,9-14,16-18H2. The van der Waals surface area contributed by atoms with E-state index in [0.717, 1.165) is 56.3 Å². The van der Waals surface area contributed by atoms with Crippen molar-refractivity contribution in [3.05, 3.63) is 59.2 Å². The summed E-state index contributed by atoms with van der Waals surface area (Å²) >= 11 is 0. The van der Waals surface area contributed by atoms with Crippen LogP contribution in [0.4, 0.5) is 0 Å². The molecule has 5 rings (SSSR count). The fourth-order valence-corrected chi connectivity index (χ4v) is 4.54. The van der Waals surface area contributed by atoms with Crippen molar-refractivity contribution >= 4 is 5.91 Å². The average molecular weight is 408 g/mol. The highest BCUT2D eigenvalue weighted by atomic mass is 16.7. The van der Waals surface area contributed by atoms with Gasteiger partial charge in [-0.05, 0) is 61.3 Å². The van der Waals surface area contributed by atoms with E-state index in [0.29, 0.717) is 6.79 Å². The van der Waals surface area contributed by atoms with Gasteiger partial charge in [-0.2, -0.15) is 0 Å². The summed E-state index contributed by atoms with van der Waals surface area (Å²) in [6.45, 7) is 7.84. The number of hydrogen-bond donors (Lipinski definition) is 0.